The molecule has 0 radical (unpaired) electrons. The molecule has 0 spiro atoms. The van der Waals surface area contributed by atoms with Crippen LogP contribution < -0.4 is 0 Å². The summed E-state index contributed by atoms with van der Waals surface area (Å²) < 4.78 is 26.2. The van der Waals surface area contributed by atoms with Gasteiger partial charge in [-0.1, -0.05) is 11.8 Å². The van der Waals surface area contributed by atoms with Gasteiger partial charge >= 0.3 is 0 Å². The Hall–Kier alpha value is -1.34. The standard InChI is InChI=1S/C11H8F2OS/c1-7(14)9-5-8(3-2-4-15)10(12)6-11(9)13/h5-6,15H,4H2,1H3. The molecule has 0 unspecified atom stereocenters. The summed E-state index contributed by atoms with van der Waals surface area (Å²) in [4.78, 5) is 11.0. The van der Waals surface area contributed by atoms with Crippen LogP contribution in [0.2, 0.25) is 0 Å². The zero-order valence-electron chi connectivity index (χ0n) is 7.97. The summed E-state index contributed by atoms with van der Waals surface area (Å²) in [7, 11) is 0. The van der Waals surface area contributed by atoms with Crippen LogP contribution in [0.15, 0.2) is 12.1 Å². The van der Waals surface area contributed by atoms with E-state index in [1.807, 2.05) is 0 Å². The van der Waals surface area contributed by atoms with Crippen molar-refractivity contribution in [3.05, 3.63) is 34.9 Å². The van der Waals surface area contributed by atoms with Crippen LogP contribution in [0.1, 0.15) is 22.8 Å². The van der Waals surface area contributed by atoms with Crippen molar-refractivity contribution in [3.8, 4) is 11.8 Å². The molecule has 1 aromatic carbocycles. The van der Waals surface area contributed by atoms with Gasteiger partial charge in [0, 0.05) is 6.07 Å². The van der Waals surface area contributed by atoms with Gasteiger partial charge in [0.15, 0.2) is 5.78 Å². The maximum Gasteiger partial charge on any atom is 0.162 e. The average molecular weight is 226 g/mol. The second-order valence-electron chi connectivity index (χ2n) is 2.83. The lowest BCUT2D eigenvalue weighted by Gasteiger charge is -2.00. The van der Waals surface area contributed by atoms with Crippen molar-refractivity contribution in [1.29, 1.82) is 0 Å². The Bertz CT molecular complexity index is 458. The van der Waals surface area contributed by atoms with Crippen LogP contribution >= 0.6 is 12.6 Å². The van der Waals surface area contributed by atoms with Crippen molar-refractivity contribution in [2.45, 2.75) is 6.92 Å². The third-order valence-electron chi connectivity index (χ3n) is 1.74. The Morgan fingerprint density at radius 2 is 2.07 bits per heavy atom. The maximum atomic E-state index is 13.1. The van der Waals surface area contributed by atoms with E-state index in [1.165, 1.54) is 6.92 Å². The normalized spacial score (nSPS) is 9.33. The number of hydrogen-bond donors (Lipinski definition) is 1. The summed E-state index contributed by atoms with van der Waals surface area (Å²) in [6, 6.07) is 1.78. The second-order valence-corrected chi connectivity index (χ2v) is 3.14. The number of carbonyl (C=O) groups excluding carboxylic acids is 1. The molecule has 0 heterocycles. The number of hydrogen-bond acceptors (Lipinski definition) is 2. The molecule has 0 aliphatic carbocycles. The summed E-state index contributed by atoms with van der Waals surface area (Å²) in [6.07, 6.45) is 0. The van der Waals surface area contributed by atoms with Gasteiger partial charge in [-0.3, -0.25) is 4.79 Å². The molecule has 1 aromatic rings. The van der Waals surface area contributed by atoms with Crippen LogP contribution in [0.5, 0.6) is 0 Å². The molecule has 0 aliphatic heterocycles. The molecule has 0 saturated carbocycles. The first-order chi connectivity index (χ1) is 7.06. The first kappa shape index (κ1) is 11.7. The van der Waals surface area contributed by atoms with E-state index in [9.17, 15) is 13.6 Å². The number of thiol groups is 1. The molecule has 0 N–H and O–H groups in total. The molecule has 0 bridgehead atoms. The van der Waals surface area contributed by atoms with Gasteiger partial charge in [-0.05, 0) is 13.0 Å². The lowest BCUT2D eigenvalue weighted by atomic mass is 10.1. The molecule has 1 nitrogen and oxygen atoms in total. The van der Waals surface area contributed by atoms with Crippen molar-refractivity contribution >= 4 is 18.4 Å². The summed E-state index contributed by atoms with van der Waals surface area (Å²) >= 11 is 3.83. The van der Waals surface area contributed by atoms with Crippen molar-refractivity contribution in [2.75, 3.05) is 5.75 Å². The summed E-state index contributed by atoms with van der Waals surface area (Å²) in [5, 5.41) is 0. The number of Topliss-reactive ketones (excluding diaryl/α,β-unsaturated/α-hetero) is 1. The first-order valence-electron chi connectivity index (χ1n) is 4.16. The van der Waals surface area contributed by atoms with E-state index in [1.54, 1.807) is 0 Å². The smallest absolute Gasteiger partial charge is 0.162 e. The Balaban J connectivity index is 3.29. The van der Waals surface area contributed by atoms with Crippen molar-refractivity contribution in [1.82, 2.24) is 0 Å². The third-order valence-corrected chi connectivity index (χ3v) is 1.90. The average Bonchev–Trinajstić information content (AvgIpc) is 2.16. The van der Waals surface area contributed by atoms with Gasteiger partial charge in [-0.25, -0.2) is 8.78 Å². The Morgan fingerprint density at radius 1 is 1.40 bits per heavy atom. The van der Waals surface area contributed by atoms with Gasteiger partial charge in [0.2, 0.25) is 0 Å². The zero-order chi connectivity index (χ0) is 11.4. The highest BCUT2D eigenvalue weighted by Crippen LogP contribution is 2.14. The number of benzene rings is 1. The molecule has 0 fully saturated rings. The van der Waals surface area contributed by atoms with Crippen molar-refractivity contribution in [2.24, 2.45) is 0 Å². The molecule has 1 rings (SSSR count). The monoisotopic (exact) mass is 226 g/mol. The summed E-state index contributed by atoms with van der Waals surface area (Å²) in [6.45, 7) is 1.21. The minimum absolute atomic E-state index is 0.00986. The van der Waals surface area contributed by atoms with Crippen molar-refractivity contribution in [3.63, 3.8) is 0 Å². The fraction of sp³-hybridized carbons (Fsp3) is 0.182. The first-order valence-corrected chi connectivity index (χ1v) is 4.79. The van der Waals surface area contributed by atoms with Crippen LogP contribution in [-0.2, 0) is 0 Å². The van der Waals surface area contributed by atoms with Gasteiger partial charge < -0.3 is 0 Å². The molecule has 78 valence electrons. The van der Waals surface area contributed by atoms with Gasteiger partial charge in [-0.2, -0.15) is 12.6 Å². The quantitative estimate of drug-likeness (QED) is 0.442. The van der Waals surface area contributed by atoms with Crippen LogP contribution in [0.3, 0.4) is 0 Å². The maximum absolute atomic E-state index is 13.1. The lowest BCUT2D eigenvalue weighted by molar-refractivity contribution is 0.101. The van der Waals surface area contributed by atoms with E-state index in [4.69, 9.17) is 0 Å². The molecule has 4 heteroatoms. The Kier molecular flexibility index (Phi) is 3.87. The minimum Gasteiger partial charge on any atom is -0.294 e. The van der Waals surface area contributed by atoms with E-state index in [-0.39, 0.29) is 16.9 Å². The summed E-state index contributed by atoms with van der Waals surface area (Å²) in [5.41, 5.74) is -0.143. The van der Waals surface area contributed by atoms with Crippen molar-refractivity contribution < 1.29 is 13.6 Å². The molecular formula is C11H8F2OS. The third kappa shape index (κ3) is 2.80. The highest BCUT2D eigenvalue weighted by Gasteiger charge is 2.11. The predicted octanol–water partition coefficient (Wildman–Crippen LogP) is 2.45. The van der Waals surface area contributed by atoms with Crippen LogP contribution in [0.25, 0.3) is 0 Å². The predicted molar refractivity (Wildman–Crippen MR) is 57.1 cm³/mol. The molecule has 0 amide bonds. The Morgan fingerprint density at radius 3 is 2.60 bits per heavy atom. The minimum atomic E-state index is -0.864. The molecule has 15 heavy (non-hydrogen) atoms. The fourth-order valence-corrected chi connectivity index (χ4v) is 1.13. The fourth-order valence-electron chi connectivity index (χ4n) is 1.05. The largest absolute Gasteiger partial charge is 0.294 e. The highest BCUT2D eigenvalue weighted by molar-refractivity contribution is 7.80. The van der Waals surface area contributed by atoms with Crippen LogP contribution in [0, 0.1) is 23.5 Å². The van der Waals surface area contributed by atoms with E-state index < -0.39 is 17.4 Å². The van der Waals surface area contributed by atoms with Crippen LogP contribution in [-0.4, -0.2) is 11.5 Å². The molecule has 0 atom stereocenters. The number of carbonyl (C=O) groups is 1. The number of rotatable bonds is 1. The van der Waals surface area contributed by atoms with E-state index >= 15 is 0 Å². The van der Waals surface area contributed by atoms with E-state index in [0.29, 0.717) is 6.07 Å². The topological polar surface area (TPSA) is 17.1 Å². The Labute approximate surface area is 91.9 Å². The van der Waals surface area contributed by atoms with E-state index in [2.05, 4.69) is 24.5 Å². The SMILES string of the molecule is CC(=O)c1cc(C#CCS)c(F)cc1F. The van der Waals surface area contributed by atoms with Gasteiger partial charge in [0.25, 0.3) is 0 Å². The lowest BCUT2D eigenvalue weighted by Crippen LogP contribution is -2.00. The molecular weight excluding hydrogens is 218 g/mol. The van der Waals surface area contributed by atoms with Gasteiger partial charge in [0.1, 0.15) is 11.6 Å². The van der Waals surface area contributed by atoms with Gasteiger partial charge in [0.05, 0.1) is 16.9 Å². The van der Waals surface area contributed by atoms with Crippen LogP contribution in [0.4, 0.5) is 8.78 Å². The number of halogens is 2. The zero-order valence-corrected chi connectivity index (χ0v) is 8.87. The molecule has 0 aromatic heterocycles. The number of ketones is 1. The van der Waals surface area contributed by atoms with Gasteiger partial charge in [-0.15, -0.1) is 0 Å². The molecule has 0 aliphatic rings. The highest BCUT2D eigenvalue weighted by atomic mass is 32.1. The molecule has 0 saturated heterocycles. The van der Waals surface area contributed by atoms with E-state index in [0.717, 1.165) is 6.07 Å². The summed E-state index contributed by atoms with van der Waals surface area (Å²) in [5.74, 6) is 3.17. The second kappa shape index (κ2) is 4.94.